The first-order chi connectivity index (χ1) is 8.49. The Morgan fingerprint density at radius 1 is 1.33 bits per heavy atom. The average Bonchev–Trinajstić information content (AvgIpc) is 2.82. The standard InChI is InChI=1S/C12H15NO4S/c1-9-4-6-10(7-5-9)18(15,16)17-12(14)11-3-2-8-13-11/h4-7,11,13H,2-3,8H2,1H3. The van der Waals surface area contributed by atoms with Crippen LogP contribution in [0.1, 0.15) is 18.4 Å². The van der Waals surface area contributed by atoms with E-state index in [9.17, 15) is 13.2 Å². The molecule has 1 heterocycles. The van der Waals surface area contributed by atoms with Crippen LogP contribution in [0.25, 0.3) is 0 Å². The normalized spacial score (nSPS) is 19.7. The predicted octanol–water partition coefficient (Wildman–Crippen LogP) is 0.979. The van der Waals surface area contributed by atoms with Crippen LogP contribution >= 0.6 is 0 Å². The maximum absolute atomic E-state index is 11.8. The molecule has 1 atom stereocenters. The molecule has 98 valence electrons. The van der Waals surface area contributed by atoms with Crippen LogP contribution in [0.2, 0.25) is 0 Å². The highest BCUT2D eigenvalue weighted by Gasteiger charge is 2.28. The van der Waals surface area contributed by atoms with Crippen molar-refractivity contribution in [1.29, 1.82) is 0 Å². The van der Waals surface area contributed by atoms with Gasteiger partial charge in [0.05, 0.1) is 0 Å². The summed E-state index contributed by atoms with van der Waals surface area (Å²) in [5.41, 5.74) is 0.942. The van der Waals surface area contributed by atoms with E-state index in [1.807, 2.05) is 6.92 Å². The monoisotopic (exact) mass is 269 g/mol. The fourth-order valence-corrected chi connectivity index (χ4v) is 2.70. The Hall–Kier alpha value is -1.40. The predicted molar refractivity (Wildman–Crippen MR) is 65.5 cm³/mol. The van der Waals surface area contributed by atoms with Crippen molar-refractivity contribution < 1.29 is 17.4 Å². The molecular weight excluding hydrogens is 254 g/mol. The number of benzene rings is 1. The van der Waals surface area contributed by atoms with Crippen LogP contribution in [-0.2, 0) is 19.1 Å². The summed E-state index contributed by atoms with van der Waals surface area (Å²) in [7, 11) is -4.00. The molecule has 1 saturated heterocycles. The quantitative estimate of drug-likeness (QED) is 0.828. The average molecular weight is 269 g/mol. The SMILES string of the molecule is Cc1ccc(S(=O)(=O)OC(=O)C2CCCN2)cc1. The molecule has 0 radical (unpaired) electrons. The molecule has 1 aromatic carbocycles. The molecule has 1 fully saturated rings. The van der Waals surface area contributed by atoms with E-state index in [1.165, 1.54) is 12.1 Å². The highest BCUT2D eigenvalue weighted by atomic mass is 32.2. The van der Waals surface area contributed by atoms with Gasteiger partial charge in [-0.05, 0) is 38.4 Å². The molecule has 1 unspecified atom stereocenters. The van der Waals surface area contributed by atoms with Crippen molar-refractivity contribution in [2.75, 3.05) is 6.54 Å². The van der Waals surface area contributed by atoms with Crippen LogP contribution in [0.3, 0.4) is 0 Å². The highest BCUT2D eigenvalue weighted by molar-refractivity contribution is 7.87. The molecule has 0 bridgehead atoms. The van der Waals surface area contributed by atoms with E-state index in [0.717, 1.165) is 12.0 Å². The first kappa shape index (κ1) is 13.0. The Balaban J connectivity index is 2.11. The van der Waals surface area contributed by atoms with Gasteiger partial charge in [-0.1, -0.05) is 17.7 Å². The molecule has 1 aliphatic heterocycles. The van der Waals surface area contributed by atoms with Gasteiger partial charge >= 0.3 is 16.1 Å². The Kier molecular flexibility index (Phi) is 3.68. The summed E-state index contributed by atoms with van der Waals surface area (Å²) in [6.45, 7) is 2.56. The van der Waals surface area contributed by atoms with Crippen LogP contribution in [0.4, 0.5) is 0 Å². The third-order valence-electron chi connectivity index (χ3n) is 2.85. The summed E-state index contributed by atoms with van der Waals surface area (Å²) in [5, 5.41) is 2.90. The van der Waals surface area contributed by atoms with Crippen molar-refractivity contribution in [2.45, 2.75) is 30.7 Å². The number of nitrogens with one attached hydrogen (secondary N) is 1. The summed E-state index contributed by atoms with van der Waals surface area (Å²) in [4.78, 5) is 11.6. The lowest BCUT2D eigenvalue weighted by atomic mass is 10.2. The summed E-state index contributed by atoms with van der Waals surface area (Å²) >= 11 is 0. The largest absolute Gasteiger partial charge is 0.341 e. The van der Waals surface area contributed by atoms with E-state index < -0.39 is 22.1 Å². The van der Waals surface area contributed by atoms with Crippen molar-refractivity contribution in [1.82, 2.24) is 5.32 Å². The molecule has 0 aliphatic carbocycles. The topological polar surface area (TPSA) is 72.5 Å². The summed E-state index contributed by atoms with van der Waals surface area (Å²) in [6.07, 6.45) is 1.46. The molecule has 2 rings (SSSR count). The van der Waals surface area contributed by atoms with Gasteiger partial charge in [0.25, 0.3) is 0 Å². The van der Waals surface area contributed by atoms with Gasteiger partial charge in [0, 0.05) is 0 Å². The molecular formula is C12H15NO4S. The number of hydrogen-bond acceptors (Lipinski definition) is 5. The van der Waals surface area contributed by atoms with Crippen LogP contribution in [0.5, 0.6) is 0 Å². The number of rotatable bonds is 3. The van der Waals surface area contributed by atoms with Crippen molar-refractivity contribution in [3.8, 4) is 0 Å². The van der Waals surface area contributed by atoms with Crippen LogP contribution in [0, 0.1) is 6.92 Å². The minimum Gasteiger partial charge on any atom is -0.341 e. The molecule has 0 aromatic heterocycles. The summed E-state index contributed by atoms with van der Waals surface area (Å²) in [6, 6.07) is 5.67. The Labute approximate surface area is 106 Å². The van der Waals surface area contributed by atoms with Gasteiger partial charge < -0.3 is 9.50 Å². The third kappa shape index (κ3) is 2.88. The maximum Gasteiger partial charge on any atom is 0.341 e. The van der Waals surface area contributed by atoms with Gasteiger partial charge in [-0.3, -0.25) is 0 Å². The number of hydrogen-bond donors (Lipinski definition) is 1. The molecule has 5 nitrogen and oxygen atoms in total. The van der Waals surface area contributed by atoms with Gasteiger partial charge in [0.1, 0.15) is 10.9 Å². The second-order valence-corrected chi connectivity index (χ2v) is 5.86. The second kappa shape index (κ2) is 5.07. The minimum atomic E-state index is -4.00. The first-order valence-corrected chi connectivity index (χ1v) is 7.18. The molecule has 0 amide bonds. The number of carbonyl (C=O) groups is 1. The summed E-state index contributed by atoms with van der Waals surface area (Å²) in [5.74, 6) is -0.729. The van der Waals surface area contributed by atoms with Crippen LogP contribution < -0.4 is 5.32 Å². The fourth-order valence-electron chi connectivity index (χ4n) is 1.80. The maximum atomic E-state index is 11.8. The van der Waals surface area contributed by atoms with Crippen LogP contribution in [-0.4, -0.2) is 27.0 Å². The smallest absolute Gasteiger partial charge is 0.341 e. The van der Waals surface area contributed by atoms with Crippen molar-refractivity contribution in [2.24, 2.45) is 0 Å². The van der Waals surface area contributed by atoms with E-state index >= 15 is 0 Å². The molecule has 6 heteroatoms. The van der Waals surface area contributed by atoms with E-state index in [0.29, 0.717) is 13.0 Å². The third-order valence-corrected chi connectivity index (χ3v) is 4.08. The molecule has 0 spiro atoms. The zero-order valence-corrected chi connectivity index (χ0v) is 10.9. The van der Waals surface area contributed by atoms with Gasteiger partial charge in [-0.25, -0.2) is 4.79 Å². The van der Waals surface area contributed by atoms with Crippen LogP contribution in [0.15, 0.2) is 29.2 Å². The van der Waals surface area contributed by atoms with Gasteiger partial charge in [0.2, 0.25) is 0 Å². The Morgan fingerprint density at radius 3 is 2.56 bits per heavy atom. The van der Waals surface area contributed by atoms with Crippen molar-refractivity contribution >= 4 is 16.1 Å². The van der Waals surface area contributed by atoms with Gasteiger partial charge in [-0.2, -0.15) is 8.42 Å². The fraction of sp³-hybridized carbons (Fsp3) is 0.417. The Bertz CT molecular complexity index is 530. The number of carbonyl (C=O) groups excluding carboxylic acids is 1. The minimum absolute atomic E-state index is 0.000512. The molecule has 1 aliphatic rings. The van der Waals surface area contributed by atoms with E-state index in [-0.39, 0.29) is 4.90 Å². The zero-order chi connectivity index (χ0) is 13.2. The molecule has 1 aromatic rings. The van der Waals surface area contributed by atoms with Gasteiger partial charge in [-0.15, -0.1) is 0 Å². The lowest BCUT2D eigenvalue weighted by Gasteiger charge is -2.10. The molecule has 18 heavy (non-hydrogen) atoms. The Morgan fingerprint density at radius 2 is 2.00 bits per heavy atom. The lowest BCUT2D eigenvalue weighted by molar-refractivity contribution is -0.135. The highest BCUT2D eigenvalue weighted by Crippen LogP contribution is 2.15. The van der Waals surface area contributed by atoms with Crippen molar-refractivity contribution in [3.05, 3.63) is 29.8 Å². The van der Waals surface area contributed by atoms with E-state index in [4.69, 9.17) is 0 Å². The van der Waals surface area contributed by atoms with Gasteiger partial charge in [0.15, 0.2) is 0 Å². The van der Waals surface area contributed by atoms with E-state index in [2.05, 4.69) is 9.50 Å². The molecule has 1 N–H and O–H groups in total. The van der Waals surface area contributed by atoms with Crippen molar-refractivity contribution in [3.63, 3.8) is 0 Å². The second-order valence-electron chi connectivity index (χ2n) is 4.32. The molecule has 0 saturated carbocycles. The first-order valence-electron chi connectivity index (χ1n) is 5.77. The number of aryl methyl sites for hydroxylation is 1. The summed E-state index contributed by atoms with van der Waals surface area (Å²) < 4.78 is 28.3. The van der Waals surface area contributed by atoms with E-state index in [1.54, 1.807) is 12.1 Å². The zero-order valence-electron chi connectivity index (χ0n) is 10.0. The lowest BCUT2D eigenvalue weighted by Crippen LogP contribution is -2.33.